The lowest BCUT2D eigenvalue weighted by atomic mass is 10.3. The molecule has 0 saturated heterocycles. The summed E-state index contributed by atoms with van der Waals surface area (Å²) in [4.78, 5) is 5.16. The van der Waals surface area contributed by atoms with Crippen molar-refractivity contribution in [2.24, 2.45) is 0 Å². The lowest BCUT2D eigenvalue weighted by molar-refractivity contribution is 0.360. The van der Waals surface area contributed by atoms with E-state index in [2.05, 4.69) is 30.9 Å². The van der Waals surface area contributed by atoms with Gasteiger partial charge in [-0.2, -0.15) is 5.43 Å². The van der Waals surface area contributed by atoms with E-state index in [1.165, 1.54) is 0 Å². The van der Waals surface area contributed by atoms with Gasteiger partial charge in [0.15, 0.2) is 0 Å². The van der Waals surface area contributed by atoms with Gasteiger partial charge in [-0.25, -0.2) is 5.43 Å². The molecule has 1 rings (SSSR count). The summed E-state index contributed by atoms with van der Waals surface area (Å²) in [7, 11) is 4.05. The molecule has 0 aliphatic carbocycles. The van der Waals surface area contributed by atoms with Crippen LogP contribution >= 0.6 is 0 Å². The molecular formula is C9H19N6. The fraction of sp³-hybridized carbons (Fsp3) is 0.778. The first-order valence-electron chi connectivity index (χ1n) is 5.05. The van der Waals surface area contributed by atoms with E-state index in [0.29, 0.717) is 0 Å². The van der Waals surface area contributed by atoms with Crippen LogP contribution in [0.25, 0.3) is 0 Å². The summed E-state index contributed by atoms with van der Waals surface area (Å²) in [5, 5.41) is 7.89. The minimum Gasteiger partial charge on any atom is -0.328 e. The zero-order valence-electron chi connectivity index (χ0n) is 9.78. The quantitative estimate of drug-likeness (QED) is 0.507. The van der Waals surface area contributed by atoms with Crippen LogP contribution in [0.2, 0.25) is 0 Å². The second-order valence-corrected chi connectivity index (χ2v) is 3.83. The molecule has 1 radical (unpaired) electrons. The molecule has 0 aromatic carbocycles. The molecule has 2 N–H and O–H groups in total. The van der Waals surface area contributed by atoms with Crippen LogP contribution in [-0.2, 0) is 0 Å². The molecule has 1 atom stereocenters. The SMILES string of the molecule is Cc1nnc(C(C)N[N]CCN(C)C)[nH]1. The summed E-state index contributed by atoms with van der Waals surface area (Å²) in [6, 6.07) is 0.0772. The lowest BCUT2D eigenvalue weighted by Crippen LogP contribution is -2.33. The molecule has 15 heavy (non-hydrogen) atoms. The van der Waals surface area contributed by atoms with Gasteiger partial charge >= 0.3 is 0 Å². The number of aryl methyl sites for hydroxylation is 1. The first-order valence-corrected chi connectivity index (χ1v) is 5.05. The van der Waals surface area contributed by atoms with E-state index in [1.54, 1.807) is 0 Å². The summed E-state index contributed by atoms with van der Waals surface area (Å²) in [6.45, 7) is 5.59. The first-order chi connectivity index (χ1) is 7.09. The van der Waals surface area contributed by atoms with E-state index in [9.17, 15) is 0 Å². The fourth-order valence-corrected chi connectivity index (χ4v) is 1.07. The summed E-state index contributed by atoms with van der Waals surface area (Å²) < 4.78 is 0. The second-order valence-electron chi connectivity index (χ2n) is 3.83. The van der Waals surface area contributed by atoms with E-state index >= 15 is 0 Å². The molecule has 85 valence electrons. The van der Waals surface area contributed by atoms with Gasteiger partial charge in [0.25, 0.3) is 0 Å². The number of nitrogens with zero attached hydrogens (tertiary/aromatic N) is 4. The molecule has 0 aliphatic rings. The van der Waals surface area contributed by atoms with Crippen LogP contribution < -0.4 is 10.9 Å². The van der Waals surface area contributed by atoms with Gasteiger partial charge in [-0.3, -0.25) is 0 Å². The predicted octanol–water partition coefficient (Wildman–Crippen LogP) is -0.155. The van der Waals surface area contributed by atoms with Crippen molar-refractivity contribution in [2.75, 3.05) is 27.2 Å². The molecule has 0 bridgehead atoms. The summed E-state index contributed by atoms with van der Waals surface area (Å²) in [6.07, 6.45) is 0. The van der Waals surface area contributed by atoms with Gasteiger partial charge in [0.1, 0.15) is 11.6 Å². The van der Waals surface area contributed by atoms with Gasteiger partial charge < -0.3 is 9.88 Å². The highest BCUT2D eigenvalue weighted by Crippen LogP contribution is 2.03. The number of rotatable bonds is 6. The number of aromatic nitrogens is 3. The molecule has 1 heterocycles. The highest BCUT2D eigenvalue weighted by atomic mass is 15.4. The van der Waals surface area contributed by atoms with Crippen molar-refractivity contribution in [2.45, 2.75) is 19.9 Å². The monoisotopic (exact) mass is 211 g/mol. The zero-order valence-corrected chi connectivity index (χ0v) is 9.78. The molecule has 0 saturated carbocycles. The molecule has 0 fully saturated rings. The molecule has 6 heteroatoms. The number of H-pyrrole nitrogens is 1. The normalized spacial score (nSPS) is 13.4. The van der Waals surface area contributed by atoms with E-state index in [1.807, 2.05) is 27.9 Å². The van der Waals surface area contributed by atoms with E-state index in [4.69, 9.17) is 0 Å². The van der Waals surface area contributed by atoms with Crippen molar-refractivity contribution < 1.29 is 0 Å². The van der Waals surface area contributed by atoms with Gasteiger partial charge in [0.05, 0.1) is 6.04 Å². The van der Waals surface area contributed by atoms with Crippen LogP contribution in [0.1, 0.15) is 24.6 Å². The number of hydrogen-bond acceptors (Lipinski definition) is 4. The van der Waals surface area contributed by atoms with Crippen LogP contribution in [0, 0.1) is 6.92 Å². The van der Waals surface area contributed by atoms with Crippen molar-refractivity contribution in [3.05, 3.63) is 11.6 Å². The van der Waals surface area contributed by atoms with Crippen LogP contribution in [0.4, 0.5) is 0 Å². The minimum absolute atomic E-state index is 0.0772. The molecule has 0 spiro atoms. The Morgan fingerprint density at radius 3 is 2.73 bits per heavy atom. The molecule has 0 aliphatic heterocycles. The van der Waals surface area contributed by atoms with Crippen molar-refractivity contribution >= 4 is 0 Å². The van der Waals surface area contributed by atoms with Crippen LogP contribution in [0.15, 0.2) is 0 Å². The average molecular weight is 211 g/mol. The molecular weight excluding hydrogens is 192 g/mol. The smallest absolute Gasteiger partial charge is 0.148 e. The third kappa shape index (κ3) is 4.37. The maximum absolute atomic E-state index is 4.22. The average Bonchev–Trinajstić information content (AvgIpc) is 2.59. The van der Waals surface area contributed by atoms with Gasteiger partial charge in [0.2, 0.25) is 0 Å². The number of nitrogens with one attached hydrogen (secondary N) is 2. The Labute approximate surface area is 90.4 Å². The van der Waals surface area contributed by atoms with Gasteiger partial charge in [-0.1, -0.05) is 0 Å². The predicted molar refractivity (Wildman–Crippen MR) is 58.2 cm³/mol. The molecule has 1 aromatic rings. The Balaban J connectivity index is 2.21. The maximum atomic E-state index is 4.22. The summed E-state index contributed by atoms with van der Waals surface area (Å²) in [5.41, 5.74) is 7.25. The maximum Gasteiger partial charge on any atom is 0.148 e. The standard InChI is InChI=1S/C9H19N6/c1-7(9-11-8(2)13-14-9)12-10-5-6-15(3)4/h7,12H,5-6H2,1-4H3,(H,11,13,14). The van der Waals surface area contributed by atoms with Crippen LogP contribution in [0.5, 0.6) is 0 Å². The Morgan fingerprint density at radius 1 is 1.47 bits per heavy atom. The largest absolute Gasteiger partial charge is 0.328 e. The zero-order chi connectivity index (χ0) is 11.3. The van der Waals surface area contributed by atoms with E-state index in [-0.39, 0.29) is 6.04 Å². The van der Waals surface area contributed by atoms with E-state index < -0.39 is 0 Å². The topological polar surface area (TPSA) is 70.9 Å². The van der Waals surface area contributed by atoms with Crippen molar-refractivity contribution in [3.63, 3.8) is 0 Å². The van der Waals surface area contributed by atoms with Crippen molar-refractivity contribution in [3.8, 4) is 0 Å². The first kappa shape index (κ1) is 12.1. The number of likely N-dealkylation sites (N-methyl/N-ethyl adjacent to an activating group) is 1. The molecule has 0 amide bonds. The Kier molecular flexibility index (Phi) is 4.67. The van der Waals surface area contributed by atoms with Gasteiger partial charge in [-0.15, -0.1) is 10.2 Å². The molecule has 1 aromatic heterocycles. The summed E-state index contributed by atoms with van der Waals surface area (Å²) in [5.74, 6) is 1.65. The fourth-order valence-electron chi connectivity index (χ4n) is 1.07. The van der Waals surface area contributed by atoms with Crippen molar-refractivity contribution in [1.82, 2.24) is 30.9 Å². The number of aromatic amines is 1. The summed E-state index contributed by atoms with van der Waals surface area (Å²) >= 11 is 0. The minimum atomic E-state index is 0.0772. The highest BCUT2D eigenvalue weighted by molar-refractivity contribution is 4.92. The highest BCUT2D eigenvalue weighted by Gasteiger charge is 2.08. The number of hydrogen-bond donors (Lipinski definition) is 2. The molecule has 6 nitrogen and oxygen atoms in total. The Hall–Kier alpha value is -0.980. The Morgan fingerprint density at radius 2 is 2.20 bits per heavy atom. The second kappa shape index (κ2) is 5.79. The Bertz CT molecular complexity index is 282. The van der Waals surface area contributed by atoms with Crippen LogP contribution in [-0.4, -0.2) is 47.3 Å². The third-order valence-corrected chi connectivity index (χ3v) is 1.97. The van der Waals surface area contributed by atoms with Gasteiger partial charge in [0, 0.05) is 13.1 Å². The van der Waals surface area contributed by atoms with Crippen LogP contribution in [0.3, 0.4) is 0 Å². The van der Waals surface area contributed by atoms with Gasteiger partial charge in [-0.05, 0) is 27.9 Å². The van der Waals surface area contributed by atoms with E-state index in [0.717, 1.165) is 24.7 Å². The van der Waals surface area contributed by atoms with Crippen molar-refractivity contribution in [1.29, 1.82) is 0 Å². The third-order valence-electron chi connectivity index (χ3n) is 1.97. The lowest BCUT2D eigenvalue weighted by Gasteiger charge is -2.12. The molecule has 1 unspecified atom stereocenters.